The summed E-state index contributed by atoms with van der Waals surface area (Å²) in [6.07, 6.45) is 19.0. The molecular formula is C50H54F6N12O2. The van der Waals surface area contributed by atoms with Crippen molar-refractivity contribution >= 4 is 34.8 Å². The summed E-state index contributed by atoms with van der Waals surface area (Å²) in [5.74, 6) is -3.47. The predicted octanol–water partition coefficient (Wildman–Crippen LogP) is 7.79. The fourth-order valence-electron chi connectivity index (χ4n) is 9.09. The van der Waals surface area contributed by atoms with Gasteiger partial charge in [-0.1, -0.05) is 13.8 Å². The van der Waals surface area contributed by atoms with E-state index in [4.69, 9.17) is 9.97 Å². The molecule has 0 saturated heterocycles. The van der Waals surface area contributed by atoms with Gasteiger partial charge in [-0.05, 0) is 110 Å². The van der Waals surface area contributed by atoms with E-state index in [1.165, 1.54) is 25.7 Å². The molecule has 368 valence electrons. The summed E-state index contributed by atoms with van der Waals surface area (Å²) in [4.78, 5) is 52.1. The number of likely N-dealkylation sites (N-methyl/N-ethyl adjacent to an activating group) is 2. The molecule has 2 aliphatic heterocycles. The van der Waals surface area contributed by atoms with Crippen molar-refractivity contribution in [3.63, 3.8) is 0 Å². The number of halogens is 6. The SMILES string of the molecule is CC[C@@H]1C(=O)N(C)c2cnc(CCc3cnn(Cc4cc(F)c(F)c(F)c4)c3)nc2N1CC1CC1.CC[C@H]1C(=O)N(C)c2cnc(CCc3cnn(Cc4cc(F)c(F)c(F)c4)c3)nc2N1CC1CC1. The van der Waals surface area contributed by atoms with E-state index < -0.39 is 34.9 Å². The summed E-state index contributed by atoms with van der Waals surface area (Å²) in [6, 6.07) is 3.46. The van der Waals surface area contributed by atoms with Crippen LogP contribution in [0.4, 0.5) is 49.4 Å². The minimum atomic E-state index is -1.48. The average Bonchev–Trinajstić information content (AvgIpc) is 4.27. The van der Waals surface area contributed by atoms with Gasteiger partial charge in [0.2, 0.25) is 11.8 Å². The molecule has 0 bridgehead atoms. The first kappa shape index (κ1) is 48.2. The van der Waals surface area contributed by atoms with Crippen LogP contribution in [0.3, 0.4) is 0 Å². The standard InChI is InChI=1S/2C25H27F3N6O/c2*1-3-20-25(35)32(2)21-11-29-22(31-24(21)34(20)14-15-4-5-15)7-6-16-10-30-33(12-16)13-17-8-18(26)23(28)19(27)9-17/h2*8-12,15,20H,3-7,13-14H2,1-2H3/t2*20-/m10/s1. The first-order chi connectivity index (χ1) is 33.7. The normalized spacial score (nSPS) is 17.7. The minimum absolute atomic E-state index is 0.0744. The number of hydrogen-bond donors (Lipinski definition) is 0. The Hall–Kier alpha value is -6.86. The van der Waals surface area contributed by atoms with Crippen molar-refractivity contribution in [2.75, 3.05) is 46.8 Å². The second kappa shape index (κ2) is 20.2. The van der Waals surface area contributed by atoms with Crippen LogP contribution in [-0.2, 0) is 48.4 Å². The molecule has 4 aromatic heterocycles. The van der Waals surface area contributed by atoms with Crippen molar-refractivity contribution in [1.29, 1.82) is 0 Å². The number of amides is 2. The number of aromatic nitrogens is 8. The zero-order valence-electron chi connectivity index (χ0n) is 39.4. The van der Waals surface area contributed by atoms with Crippen molar-refractivity contribution in [3.8, 4) is 0 Å². The molecule has 0 spiro atoms. The van der Waals surface area contributed by atoms with E-state index in [1.54, 1.807) is 70.4 Å². The number of hydrogen-bond acceptors (Lipinski definition) is 10. The van der Waals surface area contributed by atoms with Gasteiger partial charge in [-0.3, -0.25) is 19.0 Å². The van der Waals surface area contributed by atoms with E-state index in [0.717, 1.165) is 84.3 Å². The van der Waals surface area contributed by atoms with Crippen LogP contribution in [0.2, 0.25) is 0 Å². The lowest BCUT2D eigenvalue weighted by molar-refractivity contribution is -0.120. The molecule has 0 unspecified atom stereocenters. The van der Waals surface area contributed by atoms with Gasteiger partial charge >= 0.3 is 0 Å². The number of benzene rings is 2. The molecule has 20 heteroatoms. The molecule has 70 heavy (non-hydrogen) atoms. The van der Waals surface area contributed by atoms with E-state index in [1.807, 2.05) is 13.8 Å². The van der Waals surface area contributed by atoms with Gasteiger partial charge in [0.05, 0.1) is 37.9 Å². The van der Waals surface area contributed by atoms with Gasteiger partial charge in [-0.2, -0.15) is 10.2 Å². The van der Waals surface area contributed by atoms with E-state index in [9.17, 15) is 35.9 Å². The number of aryl methyl sites for hydroxylation is 4. The maximum absolute atomic E-state index is 13.5. The molecule has 6 heterocycles. The molecule has 0 radical (unpaired) electrons. The Balaban J connectivity index is 0.000000174. The summed E-state index contributed by atoms with van der Waals surface area (Å²) in [7, 11) is 3.54. The fourth-order valence-corrected chi connectivity index (χ4v) is 9.09. The summed E-state index contributed by atoms with van der Waals surface area (Å²) in [6.45, 7) is 5.96. The second-order valence-corrected chi connectivity index (χ2v) is 18.7. The zero-order chi connectivity index (χ0) is 49.4. The van der Waals surface area contributed by atoms with E-state index in [0.29, 0.717) is 49.2 Å². The van der Waals surface area contributed by atoms with Crippen LogP contribution in [0, 0.1) is 46.7 Å². The van der Waals surface area contributed by atoms with Crippen molar-refractivity contribution in [2.24, 2.45) is 11.8 Å². The number of rotatable bonds is 16. The molecule has 2 saturated carbocycles. The zero-order valence-corrected chi connectivity index (χ0v) is 39.4. The lowest BCUT2D eigenvalue weighted by atomic mass is 10.1. The van der Waals surface area contributed by atoms with Gasteiger partial charge in [0.25, 0.3) is 0 Å². The Morgan fingerprint density at radius 2 is 0.900 bits per heavy atom. The number of carbonyl (C=O) groups excluding carboxylic acids is 2. The Morgan fingerprint density at radius 1 is 0.529 bits per heavy atom. The van der Waals surface area contributed by atoms with Gasteiger partial charge in [-0.25, -0.2) is 46.3 Å². The average molecular weight is 969 g/mol. The van der Waals surface area contributed by atoms with Crippen molar-refractivity contribution in [2.45, 2.75) is 103 Å². The first-order valence-electron chi connectivity index (χ1n) is 23.8. The summed E-state index contributed by atoms with van der Waals surface area (Å²) in [5, 5.41) is 8.50. The Kier molecular flexibility index (Phi) is 13.9. The molecule has 6 aromatic rings. The molecule has 2 fully saturated rings. The minimum Gasteiger partial charge on any atom is -0.342 e. The van der Waals surface area contributed by atoms with Gasteiger partial charge in [-0.15, -0.1) is 0 Å². The summed E-state index contributed by atoms with van der Waals surface area (Å²) < 4.78 is 83.4. The third-order valence-corrected chi connectivity index (χ3v) is 13.4. The highest BCUT2D eigenvalue weighted by Crippen LogP contribution is 2.40. The van der Waals surface area contributed by atoms with Crippen molar-refractivity contribution < 1.29 is 35.9 Å². The molecule has 0 N–H and O–H groups in total. The second-order valence-electron chi connectivity index (χ2n) is 18.7. The third-order valence-electron chi connectivity index (χ3n) is 13.4. The molecule has 14 nitrogen and oxygen atoms in total. The molecule has 2 atom stereocenters. The summed E-state index contributed by atoms with van der Waals surface area (Å²) >= 11 is 0. The fraction of sp³-hybridized carbons (Fsp3) is 0.440. The summed E-state index contributed by atoms with van der Waals surface area (Å²) in [5.41, 5.74) is 3.88. The number of fused-ring (bicyclic) bond motifs is 2. The van der Waals surface area contributed by atoms with Gasteiger partial charge in [0.15, 0.2) is 46.5 Å². The van der Waals surface area contributed by atoms with Crippen LogP contribution < -0.4 is 19.6 Å². The van der Waals surface area contributed by atoms with Crippen LogP contribution >= 0.6 is 0 Å². The van der Waals surface area contributed by atoms with Crippen molar-refractivity contribution in [1.82, 2.24) is 39.5 Å². The van der Waals surface area contributed by atoms with Gasteiger partial charge in [0.1, 0.15) is 35.1 Å². The van der Waals surface area contributed by atoms with Crippen LogP contribution in [0.1, 0.15) is 86.3 Å². The maximum Gasteiger partial charge on any atom is 0.249 e. The van der Waals surface area contributed by atoms with Crippen LogP contribution in [-0.4, -0.2) is 90.6 Å². The quantitative estimate of drug-likeness (QED) is 0.0700. The van der Waals surface area contributed by atoms with Gasteiger partial charge in [0, 0.05) is 52.4 Å². The monoisotopic (exact) mass is 968 g/mol. The Bertz CT molecular complexity index is 2660. The topological polar surface area (TPSA) is 134 Å². The Labute approximate surface area is 401 Å². The smallest absolute Gasteiger partial charge is 0.249 e. The third kappa shape index (κ3) is 10.5. The molecule has 4 aliphatic rings. The lowest BCUT2D eigenvalue weighted by Crippen LogP contribution is -2.53. The molecule has 10 rings (SSSR count). The predicted molar refractivity (Wildman–Crippen MR) is 249 cm³/mol. The Morgan fingerprint density at radius 3 is 1.24 bits per heavy atom. The maximum atomic E-state index is 13.5. The van der Waals surface area contributed by atoms with Crippen molar-refractivity contribution in [3.05, 3.63) is 130 Å². The lowest BCUT2D eigenvalue weighted by Gasteiger charge is -2.40. The van der Waals surface area contributed by atoms with E-state index in [-0.39, 0.29) is 48.1 Å². The highest BCUT2D eigenvalue weighted by Gasteiger charge is 2.41. The highest BCUT2D eigenvalue weighted by atomic mass is 19.2. The van der Waals surface area contributed by atoms with Crippen LogP contribution in [0.15, 0.2) is 61.4 Å². The molecule has 2 amide bonds. The molecule has 2 aromatic carbocycles. The largest absolute Gasteiger partial charge is 0.342 e. The van der Waals surface area contributed by atoms with Crippen LogP contribution in [0.5, 0.6) is 0 Å². The number of anilines is 4. The molecular weight excluding hydrogens is 915 g/mol. The van der Waals surface area contributed by atoms with Crippen LogP contribution in [0.25, 0.3) is 0 Å². The first-order valence-corrected chi connectivity index (χ1v) is 23.8. The van der Waals surface area contributed by atoms with E-state index in [2.05, 4.69) is 30.0 Å². The molecule has 2 aliphatic carbocycles. The van der Waals surface area contributed by atoms with E-state index >= 15 is 0 Å². The highest BCUT2D eigenvalue weighted by molar-refractivity contribution is 6.05. The number of carbonyl (C=O) groups is 2. The number of nitrogens with zero attached hydrogens (tertiary/aromatic N) is 12. The van der Waals surface area contributed by atoms with Gasteiger partial charge < -0.3 is 19.6 Å².